The normalized spacial score (nSPS) is 10.5. The largest absolute Gasteiger partial charge is 0.271 e. The molecule has 0 saturated heterocycles. The second-order valence-electron chi connectivity index (χ2n) is 4.46. The molecule has 104 valence electrons. The second-order valence-corrected chi connectivity index (χ2v) is 4.90. The predicted octanol–water partition coefficient (Wildman–Crippen LogP) is 4.10. The molecule has 2 aromatic carbocycles. The van der Waals surface area contributed by atoms with E-state index in [4.69, 9.17) is 11.6 Å². The van der Waals surface area contributed by atoms with E-state index in [1.54, 1.807) is 29.1 Å². The molecule has 6 heteroatoms. The lowest BCUT2D eigenvalue weighted by Gasteiger charge is -2.01. The maximum absolute atomic E-state index is 10.8. The molecule has 0 aliphatic rings. The number of rotatable bonds is 3. The molecule has 3 rings (SSSR count). The van der Waals surface area contributed by atoms with Crippen molar-refractivity contribution in [3.8, 4) is 16.8 Å². The van der Waals surface area contributed by atoms with Crippen molar-refractivity contribution in [1.82, 2.24) is 9.78 Å². The molecular formula is C15H10ClN3O2. The van der Waals surface area contributed by atoms with Crippen LogP contribution in [-0.4, -0.2) is 14.7 Å². The summed E-state index contributed by atoms with van der Waals surface area (Å²) in [6.45, 7) is 0. The van der Waals surface area contributed by atoms with Crippen LogP contribution in [0, 0.1) is 10.1 Å². The summed E-state index contributed by atoms with van der Waals surface area (Å²) in [5.41, 5.74) is 2.51. The molecule has 3 aromatic rings. The number of nitrogens with zero attached hydrogens (tertiary/aromatic N) is 3. The van der Waals surface area contributed by atoms with Gasteiger partial charge in [0.2, 0.25) is 0 Å². The minimum Gasteiger partial charge on any atom is -0.258 e. The molecule has 0 atom stereocenters. The molecular weight excluding hydrogens is 290 g/mol. The van der Waals surface area contributed by atoms with Crippen LogP contribution in [0.4, 0.5) is 5.69 Å². The summed E-state index contributed by atoms with van der Waals surface area (Å²) in [4.78, 5) is 10.4. The number of nitro groups is 1. The first-order chi connectivity index (χ1) is 10.1. The first-order valence-electron chi connectivity index (χ1n) is 6.19. The summed E-state index contributed by atoms with van der Waals surface area (Å²) >= 11 is 5.97. The van der Waals surface area contributed by atoms with Crippen LogP contribution in [0.3, 0.4) is 0 Å². The molecule has 5 nitrogen and oxygen atoms in total. The highest BCUT2D eigenvalue weighted by Gasteiger charge is 2.08. The Morgan fingerprint density at radius 1 is 1.10 bits per heavy atom. The lowest BCUT2D eigenvalue weighted by Crippen LogP contribution is -1.95. The van der Waals surface area contributed by atoms with Crippen LogP contribution in [0.5, 0.6) is 0 Å². The van der Waals surface area contributed by atoms with Crippen molar-refractivity contribution in [1.29, 1.82) is 0 Å². The molecule has 0 radical (unpaired) electrons. The van der Waals surface area contributed by atoms with Gasteiger partial charge in [0.25, 0.3) is 5.69 Å². The summed E-state index contributed by atoms with van der Waals surface area (Å²) in [6.07, 6.45) is 3.51. The monoisotopic (exact) mass is 299 g/mol. The van der Waals surface area contributed by atoms with Crippen molar-refractivity contribution in [2.75, 3.05) is 0 Å². The molecule has 0 aliphatic carbocycles. The van der Waals surface area contributed by atoms with E-state index < -0.39 is 4.92 Å². The Kier molecular flexibility index (Phi) is 3.41. The smallest absolute Gasteiger partial charge is 0.258 e. The van der Waals surface area contributed by atoms with Crippen molar-refractivity contribution in [2.24, 2.45) is 0 Å². The third-order valence-corrected chi connectivity index (χ3v) is 3.28. The van der Waals surface area contributed by atoms with Gasteiger partial charge in [0.1, 0.15) is 0 Å². The van der Waals surface area contributed by atoms with Gasteiger partial charge in [0, 0.05) is 28.9 Å². The molecule has 0 spiro atoms. The summed E-state index contributed by atoms with van der Waals surface area (Å²) in [5.74, 6) is 0. The molecule has 1 heterocycles. The minimum atomic E-state index is -0.426. The first kappa shape index (κ1) is 13.3. The Hall–Kier alpha value is -2.66. The Morgan fingerprint density at radius 3 is 2.67 bits per heavy atom. The standard InChI is InChI=1S/C15H10ClN3O2/c16-13-4-1-3-11(7-13)12-9-17-18(10-12)14-5-2-6-15(8-14)19(20)21/h1-10H. The van der Waals surface area contributed by atoms with Gasteiger partial charge in [-0.25, -0.2) is 4.68 Å². The highest BCUT2D eigenvalue weighted by Crippen LogP contribution is 2.24. The maximum Gasteiger partial charge on any atom is 0.271 e. The number of halogens is 1. The lowest BCUT2D eigenvalue weighted by molar-refractivity contribution is -0.384. The quantitative estimate of drug-likeness (QED) is 0.540. The highest BCUT2D eigenvalue weighted by molar-refractivity contribution is 6.30. The molecule has 0 unspecified atom stereocenters. The van der Waals surface area contributed by atoms with Crippen LogP contribution in [0.1, 0.15) is 0 Å². The molecule has 0 saturated carbocycles. The van der Waals surface area contributed by atoms with Gasteiger partial charge in [-0.2, -0.15) is 5.10 Å². The van der Waals surface area contributed by atoms with E-state index in [2.05, 4.69) is 5.10 Å². The van der Waals surface area contributed by atoms with Crippen LogP contribution < -0.4 is 0 Å². The average Bonchev–Trinajstić information content (AvgIpc) is 2.97. The zero-order valence-electron chi connectivity index (χ0n) is 10.8. The third-order valence-electron chi connectivity index (χ3n) is 3.05. The van der Waals surface area contributed by atoms with E-state index in [1.165, 1.54) is 12.1 Å². The van der Waals surface area contributed by atoms with E-state index in [-0.39, 0.29) is 5.69 Å². The van der Waals surface area contributed by atoms with Crippen molar-refractivity contribution in [3.05, 3.63) is 76.1 Å². The number of hydrogen-bond acceptors (Lipinski definition) is 3. The van der Waals surface area contributed by atoms with Gasteiger partial charge >= 0.3 is 0 Å². The average molecular weight is 300 g/mol. The van der Waals surface area contributed by atoms with Gasteiger partial charge < -0.3 is 0 Å². The van der Waals surface area contributed by atoms with E-state index >= 15 is 0 Å². The molecule has 0 amide bonds. The van der Waals surface area contributed by atoms with Crippen molar-refractivity contribution in [3.63, 3.8) is 0 Å². The van der Waals surface area contributed by atoms with E-state index in [1.807, 2.05) is 24.4 Å². The fraction of sp³-hybridized carbons (Fsp3) is 0. The third kappa shape index (κ3) is 2.78. The van der Waals surface area contributed by atoms with Crippen molar-refractivity contribution in [2.45, 2.75) is 0 Å². The van der Waals surface area contributed by atoms with E-state index in [0.29, 0.717) is 10.7 Å². The lowest BCUT2D eigenvalue weighted by atomic mass is 10.1. The van der Waals surface area contributed by atoms with Gasteiger partial charge in [-0.1, -0.05) is 29.8 Å². The Labute approximate surface area is 125 Å². The Balaban J connectivity index is 1.98. The van der Waals surface area contributed by atoms with E-state index in [9.17, 15) is 10.1 Å². The summed E-state index contributed by atoms with van der Waals surface area (Å²) in [5, 5.41) is 15.7. The molecule has 0 N–H and O–H groups in total. The highest BCUT2D eigenvalue weighted by atomic mass is 35.5. The van der Waals surface area contributed by atoms with Crippen LogP contribution in [-0.2, 0) is 0 Å². The van der Waals surface area contributed by atoms with Crippen LogP contribution in [0.15, 0.2) is 60.9 Å². The van der Waals surface area contributed by atoms with Crippen LogP contribution >= 0.6 is 11.6 Å². The van der Waals surface area contributed by atoms with Crippen LogP contribution in [0.25, 0.3) is 16.8 Å². The van der Waals surface area contributed by atoms with E-state index in [0.717, 1.165) is 11.1 Å². The second kappa shape index (κ2) is 5.38. The summed E-state index contributed by atoms with van der Waals surface area (Å²) < 4.78 is 1.60. The van der Waals surface area contributed by atoms with Crippen molar-refractivity contribution < 1.29 is 4.92 Å². The fourth-order valence-corrected chi connectivity index (χ4v) is 2.22. The SMILES string of the molecule is O=[N+]([O-])c1cccc(-n2cc(-c3cccc(Cl)c3)cn2)c1. The number of aromatic nitrogens is 2. The molecule has 0 fully saturated rings. The zero-order valence-corrected chi connectivity index (χ0v) is 11.6. The first-order valence-corrected chi connectivity index (χ1v) is 6.57. The van der Waals surface area contributed by atoms with Gasteiger partial charge in [0.05, 0.1) is 16.8 Å². The predicted molar refractivity (Wildman–Crippen MR) is 80.7 cm³/mol. The number of hydrogen-bond donors (Lipinski definition) is 0. The molecule has 0 bridgehead atoms. The molecule has 21 heavy (non-hydrogen) atoms. The van der Waals surface area contributed by atoms with Crippen LogP contribution in [0.2, 0.25) is 5.02 Å². The molecule has 0 aliphatic heterocycles. The summed E-state index contributed by atoms with van der Waals surface area (Å²) in [7, 11) is 0. The number of non-ortho nitro benzene ring substituents is 1. The number of benzene rings is 2. The zero-order chi connectivity index (χ0) is 14.8. The molecule has 1 aromatic heterocycles. The minimum absolute atomic E-state index is 0.0345. The Bertz CT molecular complexity index is 814. The number of nitro benzene ring substituents is 1. The summed E-state index contributed by atoms with van der Waals surface area (Å²) in [6, 6.07) is 13.8. The fourth-order valence-electron chi connectivity index (χ4n) is 2.03. The van der Waals surface area contributed by atoms with Crippen molar-refractivity contribution >= 4 is 17.3 Å². The maximum atomic E-state index is 10.8. The Morgan fingerprint density at radius 2 is 1.90 bits per heavy atom. The van der Waals surface area contributed by atoms with Gasteiger partial charge in [0.15, 0.2) is 0 Å². The van der Waals surface area contributed by atoms with Gasteiger partial charge in [-0.3, -0.25) is 10.1 Å². The van der Waals surface area contributed by atoms with Gasteiger partial charge in [-0.15, -0.1) is 0 Å². The topological polar surface area (TPSA) is 61.0 Å². The van der Waals surface area contributed by atoms with Gasteiger partial charge in [-0.05, 0) is 23.8 Å².